The van der Waals surface area contributed by atoms with Gasteiger partial charge in [-0.2, -0.15) is 0 Å². The summed E-state index contributed by atoms with van der Waals surface area (Å²) in [5, 5.41) is 0. The first-order valence-electron chi connectivity index (χ1n) is 12.4. The van der Waals surface area contributed by atoms with Crippen molar-refractivity contribution in [2.75, 3.05) is 6.61 Å². The van der Waals surface area contributed by atoms with Crippen molar-refractivity contribution in [2.24, 2.45) is 29.1 Å². The highest BCUT2D eigenvalue weighted by molar-refractivity contribution is 5.84. The molecular formula is C28H36O4. The van der Waals surface area contributed by atoms with Gasteiger partial charge in [0.1, 0.15) is 11.9 Å². The van der Waals surface area contributed by atoms with E-state index in [9.17, 15) is 9.59 Å². The van der Waals surface area contributed by atoms with E-state index < -0.39 is 0 Å². The van der Waals surface area contributed by atoms with Gasteiger partial charge < -0.3 is 9.47 Å². The van der Waals surface area contributed by atoms with Gasteiger partial charge in [-0.1, -0.05) is 49.8 Å². The minimum Gasteiger partial charge on any atom is -0.458 e. The standard InChI is InChI=1S/C28H36O4/c1-17-23-15-24(29)20-10-11-25-22(16-31-25)21(20)13-19(28(23,2)3)14-26(17)32-27(30)12-9-18-7-5-4-6-8-18/h4-8,19-22,25-26H,9-16H2,1-3H3/t19?,20?,21?,22?,25-,26?/m1/s1. The molecule has 1 aromatic rings. The van der Waals surface area contributed by atoms with Crippen LogP contribution < -0.4 is 0 Å². The molecular weight excluding hydrogens is 400 g/mol. The number of hydrogen-bond donors (Lipinski definition) is 0. The van der Waals surface area contributed by atoms with Crippen molar-refractivity contribution < 1.29 is 19.1 Å². The summed E-state index contributed by atoms with van der Waals surface area (Å²) in [7, 11) is 0. The van der Waals surface area contributed by atoms with E-state index in [1.54, 1.807) is 0 Å². The topological polar surface area (TPSA) is 52.6 Å². The molecule has 5 rings (SSSR count). The van der Waals surface area contributed by atoms with Gasteiger partial charge in [-0.05, 0) is 67.4 Å². The average molecular weight is 437 g/mol. The smallest absolute Gasteiger partial charge is 0.306 e. The first kappa shape index (κ1) is 21.9. The molecule has 0 spiro atoms. The summed E-state index contributed by atoms with van der Waals surface area (Å²) in [5.74, 6) is 1.84. The summed E-state index contributed by atoms with van der Waals surface area (Å²) in [6.07, 6.45) is 5.69. The van der Waals surface area contributed by atoms with E-state index in [0.29, 0.717) is 48.9 Å². The molecule has 1 aromatic carbocycles. The zero-order valence-corrected chi connectivity index (χ0v) is 19.6. The maximum absolute atomic E-state index is 13.4. The van der Waals surface area contributed by atoms with E-state index in [0.717, 1.165) is 43.4 Å². The molecule has 172 valence electrons. The van der Waals surface area contributed by atoms with Crippen molar-refractivity contribution in [1.82, 2.24) is 0 Å². The molecule has 0 radical (unpaired) electrons. The minimum atomic E-state index is -0.201. The Kier molecular flexibility index (Phi) is 5.77. The number of benzene rings is 1. The third-order valence-electron chi connectivity index (χ3n) is 9.12. The van der Waals surface area contributed by atoms with Crippen LogP contribution in [0.1, 0.15) is 64.9 Å². The Bertz CT molecular complexity index is 915. The van der Waals surface area contributed by atoms with Crippen molar-refractivity contribution in [2.45, 2.75) is 77.9 Å². The van der Waals surface area contributed by atoms with Gasteiger partial charge in [0, 0.05) is 24.7 Å². The van der Waals surface area contributed by atoms with Crippen LogP contribution in [0.25, 0.3) is 0 Å². The van der Waals surface area contributed by atoms with Gasteiger partial charge in [-0.15, -0.1) is 0 Å². The predicted molar refractivity (Wildman–Crippen MR) is 123 cm³/mol. The van der Waals surface area contributed by atoms with Crippen LogP contribution >= 0.6 is 0 Å². The Morgan fingerprint density at radius 2 is 1.91 bits per heavy atom. The molecule has 5 unspecified atom stereocenters. The molecule has 32 heavy (non-hydrogen) atoms. The van der Waals surface area contributed by atoms with Crippen LogP contribution in [-0.2, 0) is 25.5 Å². The predicted octanol–water partition coefficient (Wildman–Crippen LogP) is 5.30. The van der Waals surface area contributed by atoms with Crippen LogP contribution in [0.5, 0.6) is 0 Å². The van der Waals surface area contributed by atoms with Gasteiger partial charge in [0.05, 0.1) is 12.7 Å². The Balaban J connectivity index is 1.35. The van der Waals surface area contributed by atoms with Gasteiger partial charge in [-0.3, -0.25) is 9.59 Å². The molecule has 0 aromatic heterocycles. The molecule has 3 aliphatic carbocycles. The van der Waals surface area contributed by atoms with Crippen LogP contribution in [0.3, 0.4) is 0 Å². The first-order chi connectivity index (χ1) is 15.3. The van der Waals surface area contributed by atoms with E-state index in [-0.39, 0.29) is 23.4 Å². The van der Waals surface area contributed by atoms with E-state index in [4.69, 9.17) is 9.47 Å². The van der Waals surface area contributed by atoms with Gasteiger partial charge >= 0.3 is 5.97 Å². The second-order valence-corrected chi connectivity index (χ2v) is 11.0. The lowest BCUT2D eigenvalue weighted by atomic mass is 9.54. The van der Waals surface area contributed by atoms with Crippen LogP contribution in [0, 0.1) is 29.1 Å². The van der Waals surface area contributed by atoms with Crippen LogP contribution in [0.15, 0.2) is 41.5 Å². The first-order valence-corrected chi connectivity index (χ1v) is 12.4. The van der Waals surface area contributed by atoms with E-state index in [1.165, 1.54) is 5.57 Å². The monoisotopic (exact) mass is 436 g/mol. The van der Waals surface area contributed by atoms with Gasteiger partial charge in [-0.25, -0.2) is 0 Å². The lowest BCUT2D eigenvalue weighted by Gasteiger charge is -2.54. The van der Waals surface area contributed by atoms with Crippen molar-refractivity contribution in [3.63, 3.8) is 0 Å². The Morgan fingerprint density at radius 3 is 2.62 bits per heavy atom. The summed E-state index contributed by atoms with van der Waals surface area (Å²) in [6.45, 7) is 7.50. The fourth-order valence-electron chi connectivity index (χ4n) is 6.95. The molecule has 1 aliphatic heterocycles. The highest BCUT2D eigenvalue weighted by atomic mass is 16.5. The Morgan fingerprint density at radius 1 is 1.12 bits per heavy atom. The number of ketones is 1. The average Bonchev–Trinajstić information content (AvgIpc) is 2.74. The number of carbonyl (C=O) groups is 2. The highest BCUT2D eigenvalue weighted by Crippen LogP contribution is 2.56. The molecule has 4 heteroatoms. The minimum absolute atomic E-state index is 0.0325. The van der Waals surface area contributed by atoms with Gasteiger partial charge in [0.15, 0.2) is 0 Å². The fraction of sp³-hybridized carbons (Fsp3) is 0.643. The molecule has 0 N–H and O–H groups in total. The molecule has 6 atom stereocenters. The Labute approximate surface area is 191 Å². The molecule has 2 saturated carbocycles. The third kappa shape index (κ3) is 3.85. The number of hydrogen-bond acceptors (Lipinski definition) is 4. The number of ether oxygens (including phenoxy) is 2. The summed E-state index contributed by atoms with van der Waals surface area (Å²) >= 11 is 0. The number of Topliss-reactive ketones (excluding diaryl/α,β-unsaturated/α-hetero) is 1. The molecule has 0 amide bonds. The van der Waals surface area contributed by atoms with Crippen molar-refractivity contribution in [3.8, 4) is 0 Å². The van der Waals surface area contributed by atoms with Crippen LogP contribution in [-0.4, -0.2) is 30.6 Å². The number of allylic oxidation sites excluding steroid dienone is 1. The van der Waals surface area contributed by atoms with E-state index in [1.807, 2.05) is 30.3 Å². The Hall–Kier alpha value is -1.94. The third-order valence-corrected chi connectivity index (χ3v) is 9.12. The van der Waals surface area contributed by atoms with Crippen molar-refractivity contribution in [1.29, 1.82) is 0 Å². The zero-order chi connectivity index (χ0) is 22.5. The summed E-state index contributed by atoms with van der Waals surface area (Å²) < 4.78 is 11.9. The maximum Gasteiger partial charge on any atom is 0.306 e. The van der Waals surface area contributed by atoms with E-state index in [2.05, 4.69) is 20.8 Å². The number of rotatable bonds is 4. The number of carbonyl (C=O) groups excluding carboxylic acids is 2. The molecule has 1 saturated heterocycles. The fourth-order valence-corrected chi connectivity index (χ4v) is 6.95. The normalized spacial score (nSPS) is 35.7. The van der Waals surface area contributed by atoms with Crippen molar-refractivity contribution in [3.05, 3.63) is 47.0 Å². The summed E-state index contributed by atoms with van der Waals surface area (Å²) in [4.78, 5) is 26.1. The SMILES string of the molecule is CC1=C2CC(=O)C3CC[C@H]4OCC4C3CC(CC1OC(=O)CCc1ccccc1)C2(C)C. The summed E-state index contributed by atoms with van der Waals surface area (Å²) in [6, 6.07) is 10.1. The van der Waals surface area contributed by atoms with E-state index >= 15 is 0 Å². The molecule has 4 nitrogen and oxygen atoms in total. The number of aryl methyl sites for hydroxylation is 1. The largest absolute Gasteiger partial charge is 0.458 e. The highest BCUT2D eigenvalue weighted by Gasteiger charge is 2.53. The van der Waals surface area contributed by atoms with Gasteiger partial charge in [0.2, 0.25) is 0 Å². The zero-order valence-electron chi connectivity index (χ0n) is 19.6. The quantitative estimate of drug-likeness (QED) is 0.475. The molecule has 4 aliphatic rings. The van der Waals surface area contributed by atoms with Crippen LogP contribution in [0.2, 0.25) is 0 Å². The molecule has 3 fully saturated rings. The lowest BCUT2D eigenvalue weighted by Crippen LogP contribution is -2.54. The second-order valence-electron chi connectivity index (χ2n) is 11.0. The lowest BCUT2D eigenvalue weighted by molar-refractivity contribution is -0.181. The molecule has 2 bridgehead atoms. The number of fused-ring (bicyclic) bond motifs is 5. The van der Waals surface area contributed by atoms with Crippen LogP contribution in [0.4, 0.5) is 0 Å². The second kappa shape index (κ2) is 8.44. The van der Waals surface area contributed by atoms with Gasteiger partial charge in [0.25, 0.3) is 0 Å². The number of esters is 1. The maximum atomic E-state index is 13.4. The summed E-state index contributed by atoms with van der Waals surface area (Å²) in [5.41, 5.74) is 3.47. The van der Waals surface area contributed by atoms with Crippen molar-refractivity contribution >= 4 is 11.8 Å². The molecule has 1 heterocycles.